The third kappa shape index (κ3) is 1.70. The van der Waals surface area contributed by atoms with Crippen molar-refractivity contribution in [1.82, 2.24) is 10.3 Å². The molecule has 2 aromatic rings. The minimum Gasteiger partial charge on any atom is -0.508 e. The Hall–Kier alpha value is -1.81. The maximum absolute atomic E-state index is 13.6. The van der Waals surface area contributed by atoms with Crippen LogP contribution in [-0.2, 0) is 0 Å². The Morgan fingerprint density at radius 1 is 1.29 bits per heavy atom. The van der Waals surface area contributed by atoms with E-state index in [-0.39, 0.29) is 5.75 Å². The van der Waals surface area contributed by atoms with Crippen LogP contribution >= 0.6 is 0 Å². The maximum atomic E-state index is 13.6. The number of halogens is 1. The molecule has 1 aliphatic heterocycles. The summed E-state index contributed by atoms with van der Waals surface area (Å²) in [6.07, 6.45) is 4.93. The second-order valence-electron chi connectivity index (χ2n) is 4.25. The van der Waals surface area contributed by atoms with Gasteiger partial charge in [0.1, 0.15) is 5.75 Å². The molecule has 4 heteroatoms. The predicted molar refractivity (Wildman–Crippen MR) is 65.4 cm³/mol. The lowest BCUT2D eigenvalue weighted by Crippen LogP contribution is -2.21. The van der Waals surface area contributed by atoms with Crippen molar-refractivity contribution in [3.63, 3.8) is 0 Å². The van der Waals surface area contributed by atoms with E-state index in [1.807, 2.05) is 0 Å². The van der Waals surface area contributed by atoms with Crippen LogP contribution in [0, 0.1) is 5.82 Å². The van der Waals surface area contributed by atoms with Crippen LogP contribution in [0.15, 0.2) is 24.4 Å². The van der Waals surface area contributed by atoms with Gasteiger partial charge in [0, 0.05) is 29.8 Å². The minimum atomic E-state index is -0.421. The number of phenolic OH excluding ortho intramolecular Hbond substituents is 1. The van der Waals surface area contributed by atoms with E-state index in [0.29, 0.717) is 5.52 Å². The van der Waals surface area contributed by atoms with Crippen LogP contribution in [0.3, 0.4) is 0 Å². The van der Waals surface area contributed by atoms with Gasteiger partial charge in [0.25, 0.3) is 0 Å². The van der Waals surface area contributed by atoms with Gasteiger partial charge in [0.05, 0.1) is 5.52 Å². The average Bonchev–Trinajstić information content (AvgIpc) is 2.74. The number of H-pyrrole nitrogens is 1. The highest BCUT2D eigenvalue weighted by Gasteiger charge is 2.13. The van der Waals surface area contributed by atoms with Crippen molar-refractivity contribution < 1.29 is 9.50 Å². The Balaban J connectivity index is 2.20. The average molecular weight is 232 g/mol. The zero-order valence-electron chi connectivity index (χ0n) is 9.26. The van der Waals surface area contributed by atoms with E-state index in [0.717, 1.165) is 42.1 Å². The van der Waals surface area contributed by atoms with Crippen LogP contribution in [0.25, 0.3) is 16.5 Å². The van der Waals surface area contributed by atoms with Gasteiger partial charge >= 0.3 is 0 Å². The van der Waals surface area contributed by atoms with Gasteiger partial charge in [-0.25, -0.2) is 4.39 Å². The highest BCUT2D eigenvalue weighted by Crippen LogP contribution is 2.30. The Morgan fingerprint density at radius 2 is 2.18 bits per heavy atom. The molecule has 0 saturated carbocycles. The number of nitrogens with one attached hydrogen (secondary N) is 2. The number of hydrogen-bond donors (Lipinski definition) is 3. The fourth-order valence-electron chi connectivity index (χ4n) is 2.29. The molecule has 1 aromatic carbocycles. The summed E-state index contributed by atoms with van der Waals surface area (Å²) in [5, 5.41) is 13.5. The lowest BCUT2D eigenvalue weighted by atomic mass is 10.0. The molecule has 3 nitrogen and oxygen atoms in total. The van der Waals surface area contributed by atoms with Gasteiger partial charge in [-0.1, -0.05) is 6.08 Å². The molecule has 3 N–H and O–H groups in total. The third-order valence-corrected chi connectivity index (χ3v) is 3.10. The van der Waals surface area contributed by atoms with E-state index in [2.05, 4.69) is 16.4 Å². The van der Waals surface area contributed by atoms with Crippen molar-refractivity contribution in [2.75, 3.05) is 13.1 Å². The van der Waals surface area contributed by atoms with Crippen LogP contribution < -0.4 is 5.32 Å². The van der Waals surface area contributed by atoms with Crippen molar-refractivity contribution in [2.24, 2.45) is 0 Å². The first-order valence-electron chi connectivity index (χ1n) is 5.65. The molecular formula is C13H13FN2O. The molecule has 0 unspecified atom stereocenters. The van der Waals surface area contributed by atoms with Crippen molar-refractivity contribution in [2.45, 2.75) is 6.42 Å². The first-order valence-corrected chi connectivity index (χ1v) is 5.65. The topological polar surface area (TPSA) is 48.0 Å². The Morgan fingerprint density at radius 3 is 2.94 bits per heavy atom. The summed E-state index contributed by atoms with van der Waals surface area (Å²) in [6, 6.07) is 2.72. The van der Waals surface area contributed by atoms with Gasteiger partial charge in [-0.2, -0.15) is 0 Å². The van der Waals surface area contributed by atoms with E-state index >= 15 is 0 Å². The summed E-state index contributed by atoms with van der Waals surface area (Å²) < 4.78 is 13.6. The summed E-state index contributed by atoms with van der Waals surface area (Å²) in [4.78, 5) is 2.93. The first-order chi connectivity index (χ1) is 8.25. The molecule has 0 saturated heterocycles. The molecule has 0 radical (unpaired) electrons. The number of aromatic hydroxyl groups is 1. The Bertz CT molecular complexity index is 601. The fourth-order valence-corrected chi connectivity index (χ4v) is 2.29. The molecule has 88 valence electrons. The van der Waals surface area contributed by atoms with Crippen LogP contribution in [0.5, 0.6) is 5.75 Å². The van der Waals surface area contributed by atoms with Crippen molar-refractivity contribution in [3.8, 4) is 5.75 Å². The second kappa shape index (κ2) is 3.89. The second-order valence-corrected chi connectivity index (χ2v) is 4.25. The van der Waals surface area contributed by atoms with Crippen LogP contribution in [0.4, 0.5) is 4.39 Å². The molecule has 0 spiro atoms. The van der Waals surface area contributed by atoms with E-state index in [4.69, 9.17) is 0 Å². The predicted octanol–water partition coefficient (Wildman–Crippen LogP) is 2.39. The number of phenols is 1. The van der Waals surface area contributed by atoms with Crippen LogP contribution in [-0.4, -0.2) is 23.2 Å². The SMILES string of the molecule is Oc1cc(F)c2[nH]cc(C3=CCCNC3)c2c1. The Labute approximate surface area is 98.0 Å². The van der Waals surface area contributed by atoms with Gasteiger partial charge in [-0.15, -0.1) is 0 Å². The van der Waals surface area contributed by atoms with Crippen LogP contribution in [0.1, 0.15) is 12.0 Å². The lowest BCUT2D eigenvalue weighted by molar-refractivity contribution is 0.471. The molecule has 1 aromatic heterocycles. The number of aromatic nitrogens is 1. The smallest absolute Gasteiger partial charge is 0.150 e. The number of hydrogen-bond acceptors (Lipinski definition) is 2. The van der Waals surface area contributed by atoms with Gasteiger partial charge in [0.15, 0.2) is 5.82 Å². The van der Waals surface area contributed by atoms with Crippen molar-refractivity contribution in [1.29, 1.82) is 0 Å². The fraction of sp³-hybridized carbons (Fsp3) is 0.231. The third-order valence-electron chi connectivity index (χ3n) is 3.10. The molecule has 0 bridgehead atoms. The molecule has 3 rings (SSSR count). The van der Waals surface area contributed by atoms with E-state index in [1.54, 1.807) is 12.3 Å². The highest BCUT2D eigenvalue weighted by molar-refractivity contribution is 5.94. The highest BCUT2D eigenvalue weighted by atomic mass is 19.1. The summed E-state index contributed by atoms with van der Waals surface area (Å²) in [5.41, 5.74) is 2.55. The first kappa shape index (κ1) is 10.4. The van der Waals surface area contributed by atoms with Crippen molar-refractivity contribution in [3.05, 3.63) is 35.8 Å². The standard InChI is InChI=1S/C13H13FN2O/c14-12-5-9(17)4-10-11(7-16-13(10)12)8-2-1-3-15-6-8/h2,4-5,7,15-17H,1,3,6H2. The normalized spacial score (nSPS) is 16.2. The van der Waals surface area contributed by atoms with Gasteiger partial charge < -0.3 is 15.4 Å². The summed E-state index contributed by atoms with van der Waals surface area (Å²) in [7, 11) is 0. The molecule has 1 aliphatic rings. The van der Waals surface area contributed by atoms with Crippen LogP contribution in [0.2, 0.25) is 0 Å². The molecule has 0 aliphatic carbocycles. The number of fused-ring (bicyclic) bond motifs is 1. The molecule has 0 fully saturated rings. The zero-order valence-corrected chi connectivity index (χ0v) is 9.26. The van der Waals surface area contributed by atoms with E-state index < -0.39 is 5.82 Å². The van der Waals surface area contributed by atoms with E-state index in [9.17, 15) is 9.50 Å². The van der Waals surface area contributed by atoms with Gasteiger partial charge in [-0.05, 0) is 24.6 Å². The van der Waals surface area contributed by atoms with Gasteiger partial charge in [-0.3, -0.25) is 0 Å². The maximum Gasteiger partial charge on any atom is 0.150 e. The van der Waals surface area contributed by atoms with Gasteiger partial charge in [0.2, 0.25) is 0 Å². The number of aromatic amines is 1. The molecular weight excluding hydrogens is 219 g/mol. The molecule has 0 amide bonds. The number of rotatable bonds is 1. The summed E-state index contributed by atoms with van der Waals surface area (Å²) >= 11 is 0. The molecule has 2 heterocycles. The van der Waals surface area contributed by atoms with E-state index in [1.165, 1.54) is 0 Å². The largest absolute Gasteiger partial charge is 0.508 e. The summed E-state index contributed by atoms with van der Waals surface area (Å²) in [6.45, 7) is 1.76. The molecule has 17 heavy (non-hydrogen) atoms. The Kier molecular flexibility index (Phi) is 2.37. The lowest BCUT2D eigenvalue weighted by Gasteiger charge is -2.13. The summed E-state index contributed by atoms with van der Waals surface area (Å²) in [5.74, 6) is -0.462. The minimum absolute atomic E-state index is 0.0415. The number of benzene rings is 1. The monoisotopic (exact) mass is 232 g/mol. The quantitative estimate of drug-likeness (QED) is 0.707. The molecule has 0 atom stereocenters. The van der Waals surface area contributed by atoms with Crippen molar-refractivity contribution >= 4 is 16.5 Å². The zero-order chi connectivity index (χ0) is 11.8.